The predicted molar refractivity (Wildman–Crippen MR) is 31.2 cm³/mol. The minimum atomic E-state index is -0.745. The van der Waals surface area contributed by atoms with Gasteiger partial charge in [-0.25, -0.2) is 0 Å². The Balaban J connectivity index is 2.05. The van der Waals surface area contributed by atoms with Crippen molar-refractivity contribution in [1.29, 1.82) is 0 Å². The fraction of sp³-hybridized carbons (Fsp3) is 1.00. The maximum atomic E-state index is 9.16. The van der Waals surface area contributed by atoms with Crippen molar-refractivity contribution in [2.24, 2.45) is 0 Å². The Bertz CT molecular complexity index is 138. The van der Waals surface area contributed by atoms with Gasteiger partial charge in [0.15, 0.2) is 6.29 Å². The fourth-order valence-electron chi connectivity index (χ4n) is 1.48. The molecular weight excluding hydrogens is 136 g/mol. The smallest absolute Gasteiger partial charge is 0.157 e. The average Bonchev–Trinajstić information content (AvgIpc) is 2.35. The van der Waals surface area contributed by atoms with E-state index in [1.165, 1.54) is 0 Å². The van der Waals surface area contributed by atoms with E-state index < -0.39 is 12.4 Å². The minimum absolute atomic E-state index is 0.0926. The lowest BCUT2D eigenvalue weighted by Crippen LogP contribution is -2.27. The van der Waals surface area contributed by atoms with Crippen LogP contribution in [0.5, 0.6) is 0 Å². The molecule has 58 valence electrons. The van der Waals surface area contributed by atoms with E-state index in [9.17, 15) is 0 Å². The number of fused-ring (bicyclic) bond motifs is 1. The molecule has 0 spiro atoms. The third-order valence-corrected chi connectivity index (χ3v) is 1.97. The van der Waals surface area contributed by atoms with Gasteiger partial charge in [0.2, 0.25) is 0 Å². The molecule has 4 heteroatoms. The molecule has 0 aliphatic carbocycles. The fourth-order valence-corrected chi connectivity index (χ4v) is 1.48. The normalized spacial score (nSPS) is 53.4. The largest absolute Gasteiger partial charge is 0.388 e. The molecule has 4 nitrogen and oxygen atoms in total. The first-order valence-corrected chi connectivity index (χ1v) is 3.40. The van der Waals surface area contributed by atoms with Gasteiger partial charge in [-0.15, -0.1) is 0 Å². The Morgan fingerprint density at radius 2 is 2.10 bits per heavy atom. The maximum absolute atomic E-state index is 9.16. The summed E-state index contributed by atoms with van der Waals surface area (Å²) in [7, 11) is 0. The van der Waals surface area contributed by atoms with Crippen molar-refractivity contribution in [2.45, 2.75) is 31.0 Å². The molecule has 0 amide bonds. The first kappa shape index (κ1) is 6.54. The highest BCUT2D eigenvalue weighted by molar-refractivity contribution is 4.89. The molecule has 0 bridgehead atoms. The first-order valence-electron chi connectivity index (χ1n) is 3.40. The molecule has 2 rings (SSSR count). The minimum Gasteiger partial charge on any atom is -0.388 e. The van der Waals surface area contributed by atoms with Crippen molar-refractivity contribution in [3.8, 4) is 0 Å². The molecule has 0 radical (unpaired) electrons. The van der Waals surface area contributed by atoms with Crippen LogP contribution in [0.15, 0.2) is 0 Å². The lowest BCUT2D eigenvalue weighted by molar-refractivity contribution is -0.115. The highest BCUT2D eigenvalue weighted by Crippen LogP contribution is 2.29. The van der Waals surface area contributed by atoms with Crippen molar-refractivity contribution in [3.05, 3.63) is 0 Å². The Kier molecular flexibility index (Phi) is 1.42. The summed E-state index contributed by atoms with van der Waals surface area (Å²) in [6.45, 7) is 0.335. The first-order chi connectivity index (χ1) is 4.77. The molecule has 0 aromatic rings. The summed E-state index contributed by atoms with van der Waals surface area (Å²) in [5.41, 5.74) is 0. The van der Waals surface area contributed by atoms with E-state index in [-0.39, 0.29) is 12.2 Å². The third-order valence-electron chi connectivity index (χ3n) is 1.97. The molecule has 0 saturated carbocycles. The monoisotopic (exact) mass is 146 g/mol. The van der Waals surface area contributed by atoms with E-state index in [0.717, 1.165) is 0 Å². The number of rotatable bonds is 0. The highest BCUT2D eigenvalue weighted by atomic mass is 16.7. The van der Waals surface area contributed by atoms with Crippen LogP contribution >= 0.6 is 0 Å². The zero-order chi connectivity index (χ0) is 7.14. The van der Waals surface area contributed by atoms with Gasteiger partial charge in [-0.2, -0.15) is 0 Å². The second kappa shape index (κ2) is 2.17. The Morgan fingerprint density at radius 3 is 2.80 bits per heavy atom. The van der Waals surface area contributed by atoms with Crippen LogP contribution in [0.1, 0.15) is 6.42 Å². The number of aliphatic hydroxyl groups is 2. The standard InChI is InChI=1S/C6H10O4/c7-3-2-9-4-1-5(8)10-6(3)4/h3-8H,1-2H2/t3-,4-,5-,6-/m1/s1. The molecule has 0 aromatic heterocycles. The second-order valence-corrected chi connectivity index (χ2v) is 2.73. The summed E-state index contributed by atoms with van der Waals surface area (Å²) < 4.78 is 10.1. The van der Waals surface area contributed by atoms with E-state index in [0.29, 0.717) is 13.0 Å². The third kappa shape index (κ3) is 0.845. The SMILES string of the molecule is O[C@@H]1CO[C@@H]2C[C@H](O)O[C@H]12. The van der Waals surface area contributed by atoms with Crippen LogP contribution in [0, 0.1) is 0 Å². The van der Waals surface area contributed by atoms with Gasteiger partial charge in [-0.3, -0.25) is 0 Å². The van der Waals surface area contributed by atoms with Crippen molar-refractivity contribution in [2.75, 3.05) is 6.61 Å². The van der Waals surface area contributed by atoms with Crippen LogP contribution in [-0.2, 0) is 9.47 Å². The number of aliphatic hydroxyl groups excluding tert-OH is 2. The quantitative estimate of drug-likeness (QED) is 0.453. The molecule has 2 aliphatic heterocycles. The van der Waals surface area contributed by atoms with E-state index in [1.54, 1.807) is 0 Å². The average molecular weight is 146 g/mol. The van der Waals surface area contributed by atoms with Crippen molar-refractivity contribution in [1.82, 2.24) is 0 Å². The van der Waals surface area contributed by atoms with Crippen molar-refractivity contribution >= 4 is 0 Å². The number of hydrogen-bond acceptors (Lipinski definition) is 4. The van der Waals surface area contributed by atoms with E-state index in [1.807, 2.05) is 0 Å². The van der Waals surface area contributed by atoms with E-state index in [2.05, 4.69) is 0 Å². The van der Waals surface area contributed by atoms with Gasteiger partial charge in [0.1, 0.15) is 12.2 Å². The summed E-state index contributed by atoms with van der Waals surface area (Å²) >= 11 is 0. The summed E-state index contributed by atoms with van der Waals surface area (Å²) in [5.74, 6) is 0. The zero-order valence-corrected chi connectivity index (χ0v) is 5.43. The molecule has 2 fully saturated rings. The maximum Gasteiger partial charge on any atom is 0.157 e. The van der Waals surface area contributed by atoms with Gasteiger partial charge < -0.3 is 19.7 Å². The van der Waals surface area contributed by atoms with Gasteiger partial charge >= 0.3 is 0 Å². The Hall–Kier alpha value is -0.160. The lowest BCUT2D eigenvalue weighted by atomic mass is 10.1. The van der Waals surface area contributed by atoms with E-state index in [4.69, 9.17) is 19.7 Å². The van der Waals surface area contributed by atoms with Crippen LogP contribution in [0.25, 0.3) is 0 Å². The predicted octanol–water partition coefficient (Wildman–Crippen LogP) is -1.15. The van der Waals surface area contributed by atoms with Gasteiger partial charge in [-0.1, -0.05) is 0 Å². The summed E-state index contributed by atoms with van der Waals surface area (Å²) in [4.78, 5) is 0. The molecule has 2 heterocycles. The number of hydrogen-bond donors (Lipinski definition) is 2. The lowest BCUT2D eigenvalue weighted by Gasteiger charge is -2.09. The molecule has 2 saturated heterocycles. The van der Waals surface area contributed by atoms with E-state index >= 15 is 0 Å². The molecule has 2 aliphatic rings. The van der Waals surface area contributed by atoms with Crippen LogP contribution in [0.2, 0.25) is 0 Å². The highest BCUT2D eigenvalue weighted by Gasteiger charge is 2.44. The van der Waals surface area contributed by atoms with Gasteiger partial charge in [0.25, 0.3) is 0 Å². The second-order valence-electron chi connectivity index (χ2n) is 2.73. The van der Waals surface area contributed by atoms with Crippen molar-refractivity contribution in [3.63, 3.8) is 0 Å². The Morgan fingerprint density at radius 1 is 1.30 bits per heavy atom. The van der Waals surface area contributed by atoms with Crippen molar-refractivity contribution < 1.29 is 19.7 Å². The van der Waals surface area contributed by atoms with Crippen LogP contribution in [0.4, 0.5) is 0 Å². The summed E-state index contributed by atoms with van der Waals surface area (Å²) in [6.07, 6.45) is -1.20. The summed E-state index contributed by atoms with van der Waals surface area (Å²) in [5, 5.41) is 18.1. The molecule has 0 aromatic carbocycles. The molecule has 2 N–H and O–H groups in total. The van der Waals surface area contributed by atoms with Gasteiger partial charge in [-0.05, 0) is 0 Å². The van der Waals surface area contributed by atoms with Crippen LogP contribution in [0.3, 0.4) is 0 Å². The topological polar surface area (TPSA) is 58.9 Å². The zero-order valence-electron chi connectivity index (χ0n) is 5.43. The van der Waals surface area contributed by atoms with Crippen LogP contribution in [-0.4, -0.2) is 41.4 Å². The molecular formula is C6H10O4. The molecule has 10 heavy (non-hydrogen) atoms. The molecule has 0 unspecified atom stereocenters. The van der Waals surface area contributed by atoms with Gasteiger partial charge in [0.05, 0.1) is 12.7 Å². The van der Waals surface area contributed by atoms with Gasteiger partial charge in [0, 0.05) is 6.42 Å². The molecule has 4 atom stereocenters. The Labute approximate surface area is 58.4 Å². The van der Waals surface area contributed by atoms with Crippen LogP contribution < -0.4 is 0 Å². The number of ether oxygens (including phenoxy) is 2. The summed E-state index contributed by atoms with van der Waals surface area (Å²) in [6, 6.07) is 0.